The molecule has 7 heteroatoms. The highest BCUT2D eigenvalue weighted by molar-refractivity contribution is 5.95. The average molecular weight is 362 g/mol. The first-order chi connectivity index (χ1) is 13.0. The molecule has 0 aliphatic carbocycles. The Morgan fingerprint density at radius 3 is 2.85 bits per heavy atom. The van der Waals surface area contributed by atoms with Gasteiger partial charge in [0.05, 0.1) is 11.4 Å². The zero-order valence-electron chi connectivity index (χ0n) is 14.7. The fourth-order valence-electron chi connectivity index (χ4n) is 3.16. The van der Waals surface area contributed by atoms with E-state index in [0.29, 0.717) is 23.4 Å². The van der Waals surface area contributed by atoms with Crippen LogP contribution in [0.3, 0.4) is 0 Å². The molecule has 0 saturated heterocycles. The van der Waals surface area contributed by atoms with Crippen molar-refractivity contribution >= 4 is 17.5 Å². The minimum absolute atomic E-state index is 0.0458. The first-order valence-corrected chi connectivity index (χ1v) is 8.50. The Morgan fingerprint density at radius 1 is 1.22 bits per heavy atom. The standard InChI is InChI=1S/C20H18N4O3/c1-11-6-13(3-4-15(11)20(21)26)16-9-14(23-24-16)7-12-2-5-18-17(8-12)22-19(25)10-27-18/h2-6,8-9H,7,10H2,1H3,(H2,21,26)(H,22,25)(H,23,24). The second-order valence-corrected chi connectivity index (χ2v) is 6.52. The molecular weight excluding hydrogens is 344 g/mol. The molecule has 0 atom stereocenters. The number of fused-ring (bicyclic) bond motifs is 1. The van der Waals surface area contributed by atoms with Gasteiger partial charge in [0.15, 0.2) is 6.61 Å². The Morgan fingerprint density at radius 2 is 2.07 bits per heavy atom. The van der Waals surface area contributed by atoms with Crippen LogP contribution in [0.4, 0.5) is 5.69 Å². The fraction of sp³-hybridized carbons (Fsp3) is 0.150. The van der Waals surface area contributed by atoms with Crippen LogP contribution >= 0.6 is 0 Å². The van der Waals surface area contributed by atoms with Crippen LogP contribution in [0.2, 0.25) is 0 Å². The predicted octanol–water partition coefficient (Wildman–Crippen LogP) is 2.41. The number of ether oxygens (including phenoxy) is 1. The van der Waals surface area contributed by atoms with Crippen LogP contribution in [-0.4, -0.2) is 28.6 Å². The Hall–Kier alpha value is -3.61. The van der Waals surface area contributed by atoms with Crippen LogP contribution in [0.1, 0.15) is 27.2 Å². The maximum atomic E-state index is 11.5. The van der Waals surface area contributed by atoms with Crippen molar-refractivity contribution in [2.45, 2.75) is 13.3 Å². The first kappa shape index (κ1) is 16.8. The number of amides is 2. The van der Waals surface area contributed by atoms with Crippen molar-refractivity contribution in [1.82, 2.24) is 10.2 Å². The maximum absolute atomic E-state index is 11.5. The third kappa shape index (κ3) is 3.39. The van der Waals surface area contributed by atoms with Gasteiger partial charge in [0, 0.05) is 23.2 Å². The monoisotopic (exact) mass is 362 g/mol. The van der Waals surface area contributed by atoms with Crippen LogP contribution in [0.15, 0.2) is 42.5 Å². The molecule has 0 bridgehead atoms. The number of carbonyl (C=O) groups excluding carboxylic acids is 2. The lowest BCUT2D eigenvalue weighted by Gasteiger charge is -2.18. The molecule has 0 fully saturated rings. The number of nitrogens with two attached hydrogens (primary N) is 1. The van der Waals surface area contributed by atoms with Crippen molar-refractivity contribution < 1.29 is 14.3 Å². The maximum Gasteiger partial charge on any atom is 0.262 e. The van der Waals surface area contributed by atoms with E-state index in [1.807, 2.05) is 43.3 Å². The lowest BCUT2D eigenvalue weighted by Crippen LogP contribution is -2.25. The number of aryl methyl sites for hydroxylation is 1. The summed E-state index contributed by atoms with van der Waals surface area (Å²) in [5.41, 5.74) is 11.0. The molecule has 0 unspecified atom stereocenters. The summed E-state index contributed by atoms with van der Waals surface area (Å²) in [5, 5.41) is 10.2. The molecule has 136 valence electrons. The van der Waals surface area contributed by atoms with Crippen molar-refractivity contribution in [3.63, 3.8) is 0 Å². The van der Waals surface area contributed by atoms with Gasteiger partial charge in [-0.25, -0.2) is 0 Å². The number of aromatic amines is 1. The smallest absolute Gasteiger partial charge is 0.262 e. The summed E-state index contributed by atoms with van der Waals surface area (Å²) in [6.45, 7) is 1.89. The summed E-state index contributed by atoms with van der Waals surface area (Å²) in [6, 6.07) is 13.1. The van der Waals surface area contributed by atoms with E-state index in [2.05, 4.69) is 15.5 Å². The summed E-state index contributed by atoms with van der Waals surface area (Å²) >= 11 is 0. The van der Waals surface area contributed by atoms with Gasteiger partial charge in [-0.3, -0.25) is 14.7 Å². The molecule has 0 radical (unpaired) electrons. The Kier molecular flexibility index (Phi) is 4.12. The lowest BCUT2D eigenvalue weighted by atomic mass is 10.0. The van der Waals surface area contributed by atoms with E-state index in [1.165, 1.54) is 0 Å². The molecule has 4 N–H and O–H groups in total. The number of primary amides is 1. The molecule has 3 aromatic rings. The summed E-state index contributed by atoms with van der Waals surface area (Å²) in [5.74, 6) is 0.0807. The molecule has 2 amide bonds. The van der Waals surface area contributed by atoms with E-state index in [9.17, 15) is 9.59 Å². The van der Waals surface area contributed by atoms with Gasteiger partial charge in [-0.2, -0.15) is 5.10 Å². The summed E-state index contributed by atoms with van der Waals surface area (Å²) in [4.78, 5) is 22.8. The zero-order valence-corrected chi connectivity index (χ0v) is 14.7. The van der Waals surface area contributed by atoms with Crippen molar-refractivity contribution in [2.75, 3.05) is 11.9 Å². The Balaban J connectivity index is 1.55. The number of rotatable bonds is 4. The molecule has 27 heavy (non-hydrogen) atoms. The van der Waals surface area contributed by atoms with Crippen LogP contribution in [-0.2, 0) is 11.2 Å². The van der Waals surface area contributed by atoms with E-state index in [-0.39, 0.29) is 12.5 Å². The minimum Gasteiger partial charge on any atom is -0.482 e. The van der Waals surface area contributed by atoms with Crippen molar-refractivity contribution in [1.29, 1.82) is 0 Å². The average Bonchev–Trinajstić information content (AvgIpc) is 3.09. The van der Waals surface area contributed by atoms with Crippen molar-refractivity contribution in [3.05, 3.63) is 64.8 Å². The van der Waals surface area contributed by atoms with E-state index in [0.717, 1.165) is 28.1 Å². The second kappa shape index (κ2) is 6.60. The number of carbonyl (C=O) groups is 2. The number of hydrogen-bond donors (Lipinski definition) is 3. The molecule has 0 spiro atoms. The molecule has 2 heterocycles. The van der Waals surface area contributed by atoms with Crippen molar-refractivity contribution in [2.24, 2.45) is 5.73 Å². The highest BCUT2D eigenvalue weighted by Gasteiger charge is 2.16. The van der Waals surface area contributed by atoms with Gasteiger partial charge in [0.2, 0.25) is 5.91 Å². The van der Waals surface area contributed by atoms with Crippen molar-refractivity contribution in [3.8, 4) is 17.0 Å². The van der Waals surface area contributed by atoms with Crippen LogP contribution in [0, 0.1) is 6.92 Å². The van der Waals surface area contributed by atoms with E-state index in [4.69, 9.17) is 10.5 Å². The third-order valence-electron chi connectivity index (χ3n) is 4.49. The molecule has 4 rings (SSSR count). The summed E-state index contributed by atoms with van der Waals surface area (Å²) in [7, 11) is 0. The predicted molar refractivity (Wildman–Crippen MR) is 101 cm³/mol. The van der Waals surface area contributed by atoms with Gasteiger partial charge in [0.25, 0.3) is 5.91 Å². The number of hydrogen-bond acceptors (Lipinski definition) is 4. The van der Waals surface area contributed by atoms with Crippen LogP contribution in [0.5, 0.6) is 5.75 Å². The number of nitrogens with one attached hydrogen (secondary N) is 2. The highest BCUT2D eigenvalue weighted by atomic mass is 16.5. The molecular formula is C20H18N4O3. The second-order valence-electron chi connectivity index (χ2n) is 6.52. The number of benzene rings is 2. The topological polar surface area (TPSA) is 110 Å². The van der Waals surface area contributed by atoms with Gasteiger partial charge in [-0.15, -0.1) is 0 Å². The molecule has 0 saturated carbocycles. The normalized spacial score (nSPS) is 12.9. The molecule has 2 aromatic carbocycles. The molecule has 7 nitrogen and oxygen atoms in total. The first-order valence-electron chi connectivity index (χ1n) is 8.50. The molecule has 1 aliphatic rings. The van der Waals surface area contributed by atoms with Gasteiger partial charge in [-0.1, -0.05) is 12.1 Å². The number of H-pyrrole nitrogens is 1. The molecule has 1 aromatic heterocycles. The van der Waals surface area contributed by atoms with Gasteiger partial charge >= 0.3 is 0 Å². The number of anilines is 1. The Bertz CT molecular complexity index is 1060. The number of aromatic nitrogens is 2. The van der Waals surface area contributed by atoms with Gasteiger partial charge < -0.3 is 15.8 Å². The largest absolute Gasteiger partial charge is 0.482 e. The third-order valence-corrected chi connectivity index (χ3v) is 4.49. The lowest BCUT2D eigenvalue weighted by molar-refractivity contribution is -0.118. The zero-order chi connectivity index (χ0) is 19.0. The van der Waals surface area contributed by atoms with Gasteiger partial charge in [-0.05, 0) is 48.4 Å². The highest BCUT2D eigenvalue weighted by Crippen LogP contribution is 2.29. The van der Waals surface area contributed by atoms with Crippen LogP contribution in [0.25, 0.3) is 11.3 Å². The van der Waals surface area contributed by atoms with E-state index >= 15 is 0 Å². The number of nitrogens with zero attached hydrogens (tertiary/aromatic N) is 1. The summed E-state index contributed by atoms with van der Waals surface area (Å²) in [6.07, 6.45) is 0.633. The Labute approximate surface area is 155 Å². The summed E-state index contributed by atoms with van der Waals surface area (Å²) < 4.78 is 5.38. The van der Waals surface area contributed by atoms with Gasteiger partial charge in [0.1, 0.15) is 5.75 Å². The van der Waals surface area contributed by atoms with E-state index in [1.54, 1.807) is 6.07 Å². The minimum atomic E-state index is -0.440. The molecule has 1 aliphatic heterocycles. The quantitative estimate of drug-likeness (QED) is 0.662. The van der Waals surface area contributed by atoms with E-state index < -0.39 is 5.91 Å². The van der Waals surface area contributed by atoms with Crippen LogP contribution < -0.4 is 15.8 Å². The fourth-order valence-corrected chi connectivity index (χ4v) is 3.16. The SMILES string of the molecule is Cc1cc(-c2cc(Cc3ccc4c(c3)NC(=O)CO4)[nH]n2)ccc1C(N)=O.